The molecule has 0 aromatic carbocycles. The number of nitrogens with zero attached hydrogens (tertiary/aromatic N) is 1. The monoisotopic (exact) mass is 125 g/mol. The molecule has 1 N–H and O–H groups in total. The summed E-state index contributed by atoms with van der Waals surface area (Å²) in [5.74, 6) is -1.11. The summed E-state index contributed by atoms with van der Waals surface area (Å²) in [6.45, 7) is 0. The van der Waals surface area contributed by atoms with E-state index in [0.717, 1.165) is 0 Å². The molecule has 47 valence electrons. The van der Waals surface area contributed by atoms with Gasteiger partial charge in [0.1, 0.15) is 0 Å². The number of carbonyl (C=O) groups excluding carboxylic acids is 1. The number of imidazole rings is 1. The number of carbonyl (C=O) groups is 1. The first-order chi connectivity index (χ1) is 4.29. The normalized spacial score (nSPS) is 9.33. The summed E-state index contributed by atoms with van der Waals surface area (Å²) in [6.07, 6.45) is 2.83. The Morgan fingerprint density at radius 1 is 1.78 bits per heavy atom. The van der Waals surface area contributed by atoms with Crippen LogP contribution < -0.4 is 0 Å². The highest BCUT2D eigenvalue weighted by Gasteiger charge is 2.01. The number of aromatic amines is 1. The molecular weight excluding hydrogens is 120 g/mol. The second-order valence-electron chi connectivity index (χ2n) is 1.61. The Hall–Kier alpha value is -1.32. The molecule has 1 aromatic heterocycles. The molecule has 0 bridgehead atoms. The smallest absolute Gasteiger partial charge is 0.351 e. The van der Waals surface area contributed by atoms with Crippen LogP contribution in [0.25, 0.3) is 0 Å². The number of aromatic nitrogens is 2. The zero-order valence-corrected chi connectivity index (χ0v) is 4.63. The predicted molar refractivity (Wildman–Crippen MR) is 28.0 cm³/mol. The van der Waals surface area contributed by atoms with Gasteiger partial charge in [-0.2, -0.15) is 0 Å². The molecule has 0 unspecified atom stereocenters. The minimum Gasteiger partial charge on any atom is -0.351 e. The van der Waals surface area contributed by atoms with Crippen molar-refractivity contribution in [2.24, 2.45) is 0 Å². The van der Waals surface area contributed by atoms with Crippen LogP contribution in [0, 0.1) is 0 Å². The third-order valence-corrected chi connectivity index (χ3v) is 0.880. The Morgan fingerprint density at radius 2 is 2.56 bits per heavy atom. The van der Waals surface area contributed by atoms with Crippen LogP contribution >= 0.6 is 0 Å². The van der Waals surface area contributed by atoms with Crippen LogP contribution in [0.3, 0.4) is 0 Å². The summed E-state index contributed by atoms with van der Waals surface area (Å²) >= 11 is 0. The first kappa shape index (κ1) is 5.81. The molecule has 0 aliphatic heterocycles. The number of rotatable bonds is 2. The molecule has 9 heavy (non-hydrogen) atoms. The van der Waals surface area contributed by atoms with Gasteiger partial charge in [-0.15, -0.1) is 0 Å². The lowest BCUT2D eigenvalue weighted by Gasteiger charge is -1.80. The topological polar surface area (TPSA) is 65.7 Å². The molecular formula is C5H5N2O2. The van der Waals surface area contributed by atoms with E-state index in [0.29, 0.717) is 5.69 Å². The molecule has 0 spiro atoms. The van der Waals surface area contributed by atoms with Gasteiger partial charge < -0.3 is 4.98 Å². The van der Waals surface area contributed by atoms with Gasteiger partial charge in [0.15, 0.2) is 0 Å². The summed E-state index contributed by atoms with van der Waals surface area (Å²) in [7, 11) is 0. The highest BCUT2D eigenvalue weighted by Crippen LogP contribution is 1.90. The maximum absolute atomic E-state index is 9.90. The van der Waals surface area contributed by atoms with Gasteiger partial charge in [0.2, 0.25) is 0 Å². The summed E-state index contributed by atoms with van der Waals surface area (Å²) in [5.41, 5.74) is 0.495. The lowest BCUT2D eigenvalue weighted by atomic mass is 10.3. The maximum atomic E-state index is 9.90. The largest absolute Gasteiger partial charge is 0.361 e. The number of nitrogens with one attached hydrogen (secondary N) is 1. The van der Waals surface area contributed by atoms with Gasteiger partial charge >= 0.3 is 5.97 Å². The van der Waals surface area contributed by atoms with Gasteiger partial charge in [-0.3, -0.25) is 0 Å². The Kier molecular flexibility index (Phi) is 1.48. The number of hydrogen-bond donors (Lipinski definition) is 1. The maximum Gasteiger partial charge on any atom is 0.361 e. The molecule has 1 heterocycles. The number of hydrogen-bond acceptors (Lipinski definition) is 2. The van der Waals surface area contributed by atoms with Crippen molar-refractivity contribution in [1.29, 1.82) is 0 Å². The summed E-state index contributed by atoms with van der Waals surface area (Å²) in [6, 6.07) is 0. The molecule has 0 atom stereocenters. The van der Waals surface area contributed by atoms with E-state index in [9.17, 15) is 9.90 Å². The van der Waals surface area contributed by atoms with E-state index in [1.165, 1.54) is 12.5 Å². The summed E-state index contributed by atoms with van der Waals surface area (Å²) < 4.78 is 0. The first-order valence-corrected chi connectivity index (χ1v) is 2.46. The third kappa shape index (κ3) is 1.56. The SMILES string of the molecule is [O]C(=O)Cc1c[nH]cn1. The van der Waals surface area contributed by atoms with Gasteiger partial charge in [-0.25, -0.2) is 14.9 Å². The molecule has 0 saturated carbocycles. The quantitative estimate of drug-likeness (QED) is 0.600. The van der Waals surface area contributed by atoms with Gasteiger partial charge in [-0.05, 0) is 0 Å². The van der Waals surface area contributed by atoms with Crippen molar-refractivity contribution in [2.45, 2.75) is 6.42 Å². The van der Waals surface area contributed by atoms with E-state index in [1.54, 1.807) is 0 Å². The second-order valence-corrected chi connectivity index (χ2v) is 1.61. The van der Waals surface area contributed by atoms with E-state index in [1.807, 2.05) is 0 Å². The van der Waals surface area contributed by atoms with Gasteiger partial charge in [0.25, 0.3) is 0 Å². The van der Waals surface area contributed by atoms with E-state index in [4.69, 9.17) is 0 Å². The van der Waals surface area contributed by atoms with Crippen LogP contribution in [0.2, 0.25) is 0 Å². The molecule has 1 aromatic rings. The van der Waals surface area contributed by atoms with Crippen molar-refractivity contribution < 1.29 is 9.90 Å². The molecule has 1 radical (unpaired) electrons. The van der Waals surface area contributed by atoms with Crippen LogP contribution in [0.4, 0.5) is 0 Å². The standard InChI is InChI=1S/C5H5N2O2/c8-5(9)1-4-2-6-3-7-4/h2-3H,1H2,(H,6,7). The first-order valence-electron chi connectivity index (χ1n) is 2.46. The fourth-order valence-corrected chi connectivity index (χ4v) is 0.535. The molecule has 1 rings (SSSR count). The highest BCUT2D eigenvalue weighted by molar-refractivity contribution is 5.68. The Labute approximate surface area is 51.5 Å². The van der Waals surface area contributed by atoms with E-state index >= 15 is 0 Å². The lowest BCUT2D eigenvalue weighted by Crippen LogP contribution is -1.97. The van der Waals surface area contributed by atoms with Crippen molar-refractivity contribution in [3.05, 3.63) is 18.2 Å². The van der Waals surface area contributed by atoms with E-state index in [-0.39, 0.29) is 6.42 Å². The fourth-order valence-electron chi connectivity index (χ4n) is 0.535. The van der Waals surface area contributed by atoms with Crippen molar-refractivity contribution in [3.8, 4) is 0 Å². The van der Waals surface area contributed by atoms with Crippen LogP contribution in [-0.2, 0) is 16.3 Å². The number of H-pyrrole nitrogens is 1. The average molecular weight is 125 g/mol. The third-order valence-electron chi connectivity index (χ3n) is 0.880. The predicted octanol–water partition coefficient (Wildman–Crippen LogP) is -0.0907. The van der Waals surface area contributed by atoms with Crippen LogP contribution in [0.1, 0.15) is 5.69 Å². The van der Waals surface area contributed by atoms with Crippen LogP contribution in [0.5, 0.6) is 0 Å². The van der Waals surface area contributed by atoms with Crippen LogP contribution in [0.15, 0.2) is 12.5 Å². The van der Waals surface area contributed by atoms with Crippen molar-refractivity contribution in [3.63, 3.8) is 0 Å². The van der Waals surface area contributed by atoms with E-state index in [2.05, 4.69) is 9.97 Å². The molecule has 0 amide bonds. The van der Waals surface area contributed by atoms with Gasteiger partial charge in [0, 0.05) is 6.20 Å². The zero-order chi connectivity index (χ0) is 6.69. The minimum atomic E-state index is -1.11. The Bertz CT molecular complexity index is 193. The van der Waals surface area contributed by atoms with Crippen LogP contribution in [-0.4, -0.2) is 15.9 Å². The second kappa shape index (κ2) is 2.30. The van der Waals surface area contributed by atoms with Crippen molar-refractivity contribution in [2.75, 3.05) is 0 Å². The Morgan fingerprint density at radius 3 is 3.00 bits per heavy atom. The molecule has 0 aliphatic rings. The molecule has 0 fully saturated rings. The summed E-state index contributed by atoms with van der Waals surface area (Å²) in [5, 5.41) is 9.90. The zero-order valence-electron chi connectivity index (χ0n) is 4.63. The van der Waals surface area contributed by atoms with Gasteiger partial charge in [0.05, 0.1) is 18.4 Å². The van der Waals surface area contributed by atoms with Crippen molar-refractivity contribution >= 4 is 5.97 Å². The minimum absolute atomic E-state index is 0.122. The van der Waals surface area contributed by atoms with E-state index < -0.39 is 5.97 Å². The van der Waals surface area contributed by atoms with Gasteiger partial charge in [-0.1, -0.05) is 0 Å². The average Bonchev–Trinajstić information content (AvgIpc) is 2.15. The summed E-state index contributed by atoms with van der Waals surface area (Å²) in [4.78, 5) is 16.2. The molecule has 0 aliphatic carbocycles. The van der Waals surface area contributed by atoms with Crippen molar-refractivity contribution in [1.82, 2.24) is 9.97 Å². The molecule has 0 saturated heterocycles. The lowest BCUT2D eigenvalue weighted by molar-refractivity contribution is -0.142. The molecule has 4 heteroatoms. The highest BCUT2D eigenvalue weighted by atomic mass is 16.4. The molecule has 4 nitrogen and oxygen atoms in total. The fraction of sp³-hybridized carbons (Fsp3) is 0.200. The Balaban J connectivity index is 2.58.